The standard InChI is InChI=1S/C40H26N4/c1-2-10-27(11-3-1)28-21-23-41-35(24-28)29-17-19-33-31-12-4-6-14-36(31)43(38(33)25-29)30-18-20-34-32-13-5-7-15-37(32)44(39(34)26-30)40-16-8-9-22-42-40/h1-26H. The summed E-state index contributed by atoms with van der Waals surface area (Å²) in [7, 11) is 0. The van der Waals surface area contributed by atoms with Crippen LogP contribution in [0.4, 0.5) is 0 Å². The number of hydrogen-bond donors (Lipinski definition) is 0. The van der Waals surface area contributed by atoms with Crippen molar-refractivity contribution >= 4 is 43.6 Å². The molecular weight excluding hydrogens is 536 g/mol. The average Bonchev–Trinajstić information content (AvgIpc) is 3.61. The van der Waals surface area contributed by atoms with Gasteiger partial charge >= 0.3 is 0 Å². The van der Waals surface area contributed by atoms with Gasteiger partial charge in [0.1, 0.15) is 5.82 Å². The molecule has 0 amide bonds. The first-order chi connectivity index (χ1) is 21.8. The summed E-state index contributed by atoms with van der Waals surface area (Å²) < 4.78 is 4.65. The largest absolute Gasteiger partial charge is 0.309 e. The molecule has 4 nitrogen and oxygen atoms in total. The Morgan fingerprint density at radius 1 is 0.364 bits per heavy atom. The molecule has 4 aromatic heterocycles. The van der Waals surface area contributed by atoms with Crippen LogP contribution in [0.2, 0.25) is 0 Å². The zero-order valence-corrected chi connectivity index (χ0v) is 23.8. The molecule has 0 radical (unpaired) electrons. The van der Waals surface area contributed by atoms with Gasteiger partial charge in [0.2, 0.25) is 0 Å². The quantitative estimate of drug-likeness (QED) is 0.214. The Morgan fingerprint density at radius 3 is 1.80 bits per heavy atom. The second kappa shape index (κ2) is 9.79. The van der Waals surface area contributed by atoms with Crippen molar-refractivity contribution in [3.05, 3.63) is 158 Å². The van der Waals surface area contributed by atoms with Crippen molar-refractivity contribution in [3.63, 3.8) is 0 Å². The molecule has 4 heterocycles. The van der Waals surface area contributed by atoms with Crippen molar-refractivity contribution in [2.24, 2.45) is 0 Å². The summed E-state index contributed by atoms with van der Waals surface area (Å²) in [5.74, 6) is 0.907. The van der Waals surface area contributed by atoms with E-state index in [4.69, 9.17) is 9.97 Å². The summed E-state index contributed by atoms with van der Waals surface area (Å²) in [4.78, 5) is 9.53. The predicted molar refractivity (Wildman–Crippen MR) is 182 cm³/mol. The second-order valence-corrected chi connectivity index (χ2v) is 11.1. The van der Waals surface area contributed by atoms with E-state index < -0.39 is 0 Å². The van der Waals surface area contributed by atoms with Gasteiger partial charge in [0.05, 0.1) is 27.8 Å². The molecular formula is C40H26N4. The molecule has 0 atom stereocenters. The third-order valence-corrected chi connectivity index (χ3v) is 8.63. The molecule has 0 unspecified atom stereocenters. The van der Waals surface area contributed by atoms with Crippen LogP contribution in [0.3, 0.4) is 0 Å². The first-order valence-electron chi connectivity index (χ1n) is 14.8. The summed E-state index contributed by atoms with van der Waals surface area (Å²) in [5.41, 5.74) is 10.1. The lowest BCUT2D eigenvalue weighted by molar-refractivity contribution is 1.08. The minimum atomic E-state index is 0.907. The van der Waals surface area contributed by atoms with Crippen molar-refractivity contribution in [2.75, 3.05) is 0 Å². The maximum Gasteiger partial charge on any atom is 0.137 e. The van der Waals surface area contributed by atoms with Gasteiger partial charge in [-0.2, -0.15) is 0 Å². The molecule has 0 fully saturated rings. The number of hydrogen-bond acceptors (Lipinski definition) is 2. The molecule has 206 valence electrons. The maximum atomic E-state index is 4.79. The number of fused-ring (bicyclic) bond motifs is 6. The zero-order valence-electron chi connectivity index (χ0n) is 23.8. The van der Waals surface area contributed by atoms with E-state index in [1.54, 1.807) is 0 Å². The fourth-order valence-electron chi connectivity index (χ4n) is 6.64. The van der Waals surface area contributed by atoms with Crippen molar-refractivity contribution in [3.8, 4) is 33.9 Å². The Labute approximate surface area is 254 Å². The normalized spacial score (nSPS) is 11.6. The first kappa shape index (κ1) is 24.6. The highest BCUT2D eigenvalue weighted by atomic mass is 15.1. The minimum absolute atomic E-state index is 0.907. The Morgan fingerprint density at radius 2 is 1.02 bits per heavy atom. The highest BCUT2D eigenvalue weighted by Crippen LogP contribution is 2.38. The highest BCUT2D eigenvalue weighted by molar-refractivity contribution is 6.12. The Bertz CT molecular complexity index is 2490. The minimum Gasteiger partial charge on any atom is -0.309 e. The van der Waals surface area contributed by atoms with Crippen LogP contribution in [0.5, 0.6) is 0 Å². The van der Waals surface area contributed by atoms with Crippen LogP contribution in [0.1, 0.15) is 0 Å². The van der Waals surface area contributed by atoms with Crippen molar-refractivity contribution < 1.29 is 0 Å². The van der Waals surface area contributed by atoms with Crippen molar-refractivity contribution in [2.45, 2.75) is 0 Å². The third-order valence-electron chi connectivity index (χ3n) is 8.63. The van der Waals surface area contributed by atoms with Crippen molar-refractivity contribution in [1.29, 1.82) is 0 Å². The molecule has 9 aromatic rings. The topological polar surface area (TPSA) is 35.6 Å². The molecule has 0 bridgehead atoms. The molecule has 9 rings (SSSR count). The predicted octanol–water partition coefficient (Wildman–Crippen LogP) is 10.0. The number of aromatic nitrogens is 4. The summed E-state index contributed by atoms with van der Waals surface area (Å²) in [6.45, 7) is 0. The van der Waals surface area contributed by atoms with Crippen LogP contribution in [0.15, 0.2) is 158 Å². The summed E-state index contributed by atoms with van der Waals surface area (Å²) in [6, 6.07) is 51.5. The highest BCUT2D eigenvalue weighted by Gasteiger charge is 2.17. The first-order valence-corrected chi connectivity index (χ1v) is 14.8. The number of rotatable bonds is 4. The molecule has 0 aliphatic rings. The van der Waals surface area contributed by atoms with Crippen LogP contribution in [-0.4, -0.2) is 19.1 Å². The van der Waals surface area contributed by atoms with Gasteiger partial charge in [-0.1, -0.05) is 91.0 Å². The lowest BCUT2D eigenvalue weighted by atomic mass is 10.0. The average molecular weight is 563 g/mol. The zero-order chi connectivity index (χ0) is 29.0. The monoisotopic (exact) mass is 562 g/mol. The summed E-state index contributed by atoms with van der Waals surface area (Å²) >= 11 is 0. The van der Waals surface area contributed by atoms with Gasteiger partial charge in [-0.15, -0.1) is 0 Å². The van der Waals surface area contributed by atoms with Gasteiger partial charge in [-0.05, 0) is 65.7 Å². The molecule has 0 aliphatic heterocycles. The van der Waals surface area contributed by atoms with Crippen molar-refractivity contribution in [1.82, 2.24) is 19.1 Å². The van der Waals surface area contributed by atoms with Gasteiger partial charge in [0.25, 0.3) is 0 Å². The summed E-state index contributed by atoms with van der Waals surface area (Å²) in [5, 5.41) is 4.87. The molecule has 0 saturated heterocycles. The van der Waals surface area contributed by atoms with Crippen LogP contribution in [0.25, 0.3) is 77.5 Å². The molecule has 44 heavy (non-hydrogen) atoms. The lowest BCUT2D eigenvalue weighted by Crippen LogP contribution is -1.98. The van der Waals surface area contributed by atoms with E-state index in [-0.39, 0.29) is 0 Å². The van der Waals surface area contributed by atoms with E-state index in [9.17, 15) is 0 Å². The Kier molecular flexibility index (Phi) is 5.47. The fraction of sp³-hybridized carbons (Fsp3) is 0. The van der Waals surface area contributed by atoms with Crippen LogP contribution < -0.4 is 0 Å². The lowest BCUT2D eigenvalue weighted by Gasteiger charge is -2.11. The fourth-order valence-corrected chi connectivity index (χ4v) is 6.64. The smallest absolute Gasteiger partial charge is 0.137 e. The van der Waals surface area contributed by atoms with Gasteiger partial charge in [-0.3, -0.25) is 9.55 Å². The van der Waals surface area contributed by atoms with Crippen LogP contribution in [0, 0.1) is 0 Å². The molecule has 0 saturated carbocycles. The van der Waals surface area contributed by atoms with E-state index in [0.717, 1.165) is 44.9 Å². The Balaban J connectivity index is 1.29. The number of para-hydroxylation sites is 2. The summed E-state index contributed by atoms with van der Waals surface area (Å²) in [6.07, 6.45) is 3.76. The number of benzene rings is 5. The van der Waals surface area contributed by atoms with E-state index in [1.807, 2.05) is 30.6 Å². The number of nitrogens with zero attached hydrogens (tertiary/aromatic N) is 4. The Hall–Kier alpha value is -6.00. The van der Waals surface area contributed by atoms with Crippen LogP contribution >= 0.6 is 0 Å². The van der Waals surface area contributed by atoms with E-state index in [2.05, 4.69) is 137 Å². The molecule has 0 spiro atoms. The van der Waals surface area contributed by atoms with E-state index in [0.29, 0.717) is 0 Å². The number of pyridine rings is 2. The van der Waals surface area contributed by atoms with Crippen LogP contribution in [-0.2, 0) is 0 Å². The third kappa shape index (κ3) is 3.78. The van der Waals surface area contributed by atoms with Gasteiger partial charge in [0.15, 0.2) is 0 Å². The molecule has 5 aromatic carbocycles. The SMILES string of the molecule is c1ccc(-c2ccnc(-c3ccc4c5ccccc5n(-c5ccc6c7ccccc7n(-c7ccccn7)c6c5)c4c3)c2)cc1. The van der Waals surface area contributed by atoms with Gasteiger partial charge in [0, 0.05) is 45.2 Å². The molecule has 0 aliphatic carbocycles. The molecule has 4 heteroatoms. The van der Waals surface area contributed by atoms with E-state index >= 15 is 0 Å². The van der Waals surface area contributed by atoms with Gasteiger partial charge in [-0.25, -0.2) is 4.98 Å². The second-order valence-electron chi connectivity index (χ2n) is 11.1. The van der Waals surface area contributed by atoms with Gasteiger partial charge < -0.3 is 4.57 Å². The van der Waals surface area contributed by atoms with E-state index in [1.165, 1.54) is 32.6 Å². The maximum absolute atomic E-state index is 4.79. The molecule has 0 N–H and O–H groups in total.